The molecule has 9 nitrogen and oxygen atoms in total. The van der Waals surface area contributed by atoms with Gasteiger partial charge in [0.1, 0.15) is 17.2 Å². The Bertz CT molecular complexity index is 1470. The quantitative estimate of drug-likeness (QED) is 0.229. The van der Waals surface area contributed by atoms with Gasteiger partial charge < -0.3 is 14.1 Å². The largest absolute Gasteiger partial charge is 0.755 e. The number of anilines is 1. The molecule has 0 aliphatic rings. The van der Waals surface area contributed by atoms with Crippen LogP contribution >= 0.6 is 0 Å². The number of fused-ring (bicyclic) bond motifs is 3. The number of benzene rings is 3. The molecular weight excluding hydrogens is 492 g/mol. The van der Waals surface area contributed by atoms with E-state index in [1.807, 2.05) is 18.2 Å². The predicted octanol–water partition coefficient (Wildman–Crippen LogP) is 3.79. The molecule has 3 aromatic carbocycles. The molecule has 4 aromatic rings. The normalized spacial score (nSPS) is 13.6. The van der Waals surface area contributed by atoms with Gasteiger partial charge in [0.25, 0.3) is 0 Å². The summed E-state index contributed by atoms with van der Waals surface area (Å²) in [6, 6.07) is 18.6. The molecule has 4 rings (SSSR count). The number of nitrogens with one attached hydrogen (secondary N) is 1. The van der Waals surface area contributed by atoms with Gasteiger partial charge in [-0.2, -0.15) is 0 Å². The van der Waals surface area contributed by atoms with Crippen molar-refractivity contribution < 1.29 is 31.5 Å². The second-order valence-corrected chi connectivity index (χ2v) is 10.5. The van der Waals surface area contributed by atoms with E-state index < -0.39 is 33.3 Å². The van der Waals surface area contributed by atoms with Crippen LogP contribution in [0.4, 0.5) is 5.69 Å². The van der Waals surface area contributed by atoms with Crippen LogP contribution < -0.4 is 9.03 Å². The molecule has 11 heteroatoms. The summed E-state index contributed by atoms with van der Waals surface area (Å²) in [5.41, 5.74) is 1.40. The zero-order valence-corrected chi connectivity index (χ0v) is 20.1. The van der Waals surface area contributed by atoms with Crippen molar-refractivity contribution in [3.8, 4) is 0 Å². The van der Waals surface area contributed by atoms with Gasteiger partial charge in [-0.05, 0) is 55.7 Å². The monoisotopic (exact) mass is 515 g/mol. The molecule has 0 radical (unpaired) electrons. The average molecular weight is 516 g/mol. The second-order valence-electron chi connectivity index (χ2n) is 7.88. The molecule has 0 aliphatic carbocycles. The van der Waals surface area contributed by atoms with Gasteiger partial charge in [0, 0.05) is 28.6 Å². The summed E-state index contributed by atoms with van der Waals surface area (Å²) >= 11 is -2.86. The standard InChI is InChI=1S/C24H24N2O7S2/c27-24(28)21(11-6-7-15-25-35(31,32)18-8-2-1-3-9-18)26(34(29)30)17-13-14-23-20(16-17)19-10-4-5-12-22(19)33-23/h1-5,8-10,12-14,16,21,25H,6-7,11,15H2,(H,27,28)(H,29,30)/p-1. The van der Waals surface area contributed by atoms with Gasteiger partial charge >= 0.3 is 5.97 Å². The lowest BCUT2D eigenvalue weighted by Gasteiger charge is -2.32. The summed E-state index contributed by atoms with van der Waals surface area (Å²) in [5.74, 6) is -1.30. The van der Waals surface area contributed by atoms with Gasteiger partial charge in [-0.1, -0.05) is 36.4 Å². The van der Waals surface area contributed by atoms with Gasteiger partial charge in [-0.3, -0.25) is 8.51 Å². The molecule has 0 saturated heterocycles. The van der Waals surface area contributed by atoms with Gasteiger partial charge in [-0.15, -0.1) is 0 Å². The van der Waals surface area contributed by atoms with Crippen LogP contribution in [0.1, 0.15) is 19.3 Å². The van der Waals surface area contributed by atoms with E-state index in [1.54, 1.807) is 36.4 Å². The predicted molar refractivity (Wildman–Crippen MR) is 132 cm³/mol. The summed E-state index contributed by atoms with van der Waals surface area (Å²) in [6.07, 6.45) is 0.625. The minimum atomic E-state index is -3.67. The molecule has 1 heterocycles. The molecule has 0 spiro atoms. The SMILES string of the molecule is O=C(O)C(CCCCNS(=O)(=O)c1ccccc1)N(c1ccc2oc3ccccc3c2c1)S(=O)[O-]. The number of nitrogens with zero attached hydrogens (tertiary/aromatic N) is 1. The second kappa shape index (κ2) is 10.6. The van der Waals surface area contributed by atoms with E-state index >= 15 is 0 Å². The van der Waals surface area contributed by atoms with Crippen molar-refractivity contribution in [3.05, 3.63) is 72.8 Å². The fraction of sp³-hybridized carbons (Fsp3) is 0.208. The molecule has 184 valence electrons. The highest BCUT2D eigenvalue weighted by atomic mass is 32.2. The average Bonchev–Trinajstić information content (AvgIpc) is 3.21. The summed E-state index contributed by atoms with van der Waals surface area (Å²) in [4.78, 5) is 12.1. The Hall–Kier alpha value is -3.25. The summed E-state index contributed by atoms with van der Waals surface area (Å²) in [7, 11) is -3.67. The number of carbonyl (C=O) groups is 1. The number of rotatable bonds is 11. The van der Waals surface area contributed by atoms with Gasteiger partial charge in [-0.25, -0.2) is 17.9 Å². The number of hydrogen-bond donors (Lipinski definition) is 2. The zero-order chi connectivity index (χ0) is 25.0. The molecule has 0 amide bonds. The molecule has 0 bridgehead atoms. The first kappa shape index (κ1) is 24.9. The third-order valence-corrected chi connectivity index (χ3v) is 7.86. The molecule has 0 fully saturated rings. The van der Waals surface area contributed by atoms with Crippen LogP contribution in [-0.2, 0) is 26.1 Å². The van der Waals surface area contributed by atoms with Crippen molar-refractivity contribution >= 4 is 54.9 Å². The number of aliphatic carboxylic acids is 1. The Morgan fingerprint density at radius 2 is 1.69 bits per heavy atom. The van der Waals surface area contributed by atoms with Crippen molar-refractivity contribution in [1.82, 2.24) is 4.72 Å². The lowest BCUT2D eigenvalue weighted by atomic mass is 10.1. The third-order valence-electron chi connectivity index (χ3n) is 5.59. The van der Waals surface area contributed by atoms with Gasteiger partial charge in [0.05, 0.1) is 10.6 Å². The highest BCUT2D eigenvalue weighted by molar-refractivity contribution is 7.89. The Balaban J connectivity index is 1.47. The number of carboxylic acids is 1. The van der Waals surface area contributed by atoms with Crippen LogP contribution in [0.2, 0.25) is 0 Å². The zero-order valence-electron chi connectivity index (χ0n) is 18.5. The van der Waals surface area contributed by atoms with Crippen LogP contribution in [0.3, 0.4) is 0 Å². The van der Waals surface area contributed by atoms with Gasteiger partial charge in [0.2, 0.25) is 10.0 Å². The Morgan fingerprint density at radius 1 is 1.00 bits per heavy atom. The lowest BCUT2D eigenvalue weighted by molar-refractivity contribution is -0.138. The number of para-hydroxylation sites is 1. The maximum atomic E-state index is 12.3. The number of hydrogen-bond acceptors (Lipinski definition) is 6. The molecule has 2 unspecified atom stereocenters. The lowest BCUT2D eigenvalue weighted by Crippen LogP contribution is -2.42. The summed E-state index contributed by atoms with van der Waals surface area (Å²) in [6.45, 7) is 0.0942. The first-order valence-corrected chi connectivity index (χ1v) is 13.4. The van der Waals surface area contributed by atoms with E-state index in [0.29, 0.717) is 29.4 Å². The topological polar surface area (TPSA) is 140 Å². The van der Waals surface area contributed by atoms with Crippen LogP contribution in [0.15, 0.2) is 82.1 Å². The van der Waals surface area contributed by atoms with Crippen LogP contribution in [0, 0.1) is 0 Å². The molecule has 1 aromatic heterocycles. The minimum Gasteiger partial charge on any atom is -0.755 e. The van der Waals surface area contributed by atoms with E-state index in [1.165, 1.54) is 18.2 Å². The van der Waals surface area contributed by atoms with Crippen molar-refractivity contribution in [2.45, 2.75) is 30.2 Å². The molecule has 0 saturated carbocycles. The van der Waals surface area contributed by atoms with Crippen molar-refractivity contribution in [3.63, 3.8) is 0 Å². The molecule has 2 atom stereocenters. The van der Waals surface area contributed by atoms with Crippen molar-refractivity contribution in [2.75, 3.05) is 10.8 Å². The van der Waals surface area contributed by atoms with Crippen LogP contribution in [-0.4, -0.2) is 40.8 Å². The first-order chi connectivity index (χ1) is 16.8. The molecule has 2 N–H and O–H groups in total. The Labute approximate surface area is 204 Å². The number of carboxylic acid groups (broad SMARTS) is 1. The Kier molecular flexibility index (Phi) is 7.51. The number of sulfonamides is 1. The fourth-order valence-electron chi connectivity index (χ4n) is 3.91. The van der Waals surface area contributed by atoms with E-state index in [2.05, 4.69) is 4.72 Å². The highest BCUT2D eigenvalue weighted by Crippen LogP contribution is 2.33. The first-order valence-electron chi connectivity index (χ1n) is 10.9. The smallest absolute Gasteiger partial charge is 0.327 e. The highest BCUT2D eigenvalue weighted by Gasteiger charge is 2.27. The minimum absolute atomic E-state index is 0.000545. The maximum absolute atomic E-state index is 12.3. The number of furan rings is 1. The summed E-state index contributed by atoms with van der Waals surface area (Å²) in [5, 5.41) is 11.3. The van der Waals surface area contributed by atoms with Crippen LogP contribution in [0.5, 0.6) is 0 Å². The maximum Gasteiger partial charge on any atom is 0.327 e. The van der Waals surface area contributed by atoms with Crippen LogP contribution in [0.25, 0.3) is 21.9 Å². The number of unbranched alkanes of at least 4 members (excludes halogenated alkanes) is 1. The van der Waals surface area contributed by atoms with Gasteiger partial charge in [0.15, 0.2) is 0 Å². The molecule has 0 aliphatic heterocycles. The van der Waals surface area contributed by atoms with Crippen molar-refractivity contribution in [1.29, 1.82) is 0 Å². The van der Waals surface area contributed by atoms with E-state index in [0.717, 1.165) is 9.69 Å². The van der Waals surface area contributed by atoms with Crippen molar-refractivity contribution in [2.24, 2.45) is 0 Å². The van der Waals surface area contributed by atoms with E-state index in [9.17, 15) is 27.1 Å². The van der Waals surface area contributed by atoms with E-state index in [-0.39, 0.29) is 23.5 Å². The Morgan fingerprint density at radius 3 is 2.40 bits per heavy atom. The molecule has 35 heavy (non-hydrogen) atoms. The van der Waals surface area contributed by atoms with E-state index in [4.69, 9.17) is 4.42 Å². The third kappa shape index (κ3) is 5.54. The fourth-order valence-corrected chi connectivity index (χ4v) is 5.70. The molecular formula is C24H23N2O7S2-. The summed E-state index contributed by atoms with van der Waals surface area (Å²) < 4.78 is 57.9.